The molecule has 1 fully saturated rings. The maximum atomic E-state index is 12.1. The maximum Gasteiger partial charge on any atom is 0.311 e. The molecule has 21 heavy (non-hydrogen) atoms. The summed E-state index contributed by atoms with van der Waals surface area (Å²) in [5, 5.41) is 1.45. The van der Waals surface area contributed by atoms with Crippen molar-refractivity contribution in [2.24, 2.45) is 5.92 Å². The molecule has 1 aliphatic heterocycles. The van der Waals surface area contributed by atoms with E-state index in [2.05, 4.69) is 43.9 Å². The molecule has 0 unspecified atom stereocenters. The molecule has 0 N–H and O–H groups in total. The topological polar surface area (TPSA) is 35.5 Å². The SMILES string of the molecule is CCOC(=O)[C@H]1COCC[C@H]1c1ccc([Si](C)(C)C)cc1. The van der Waals surface area contributed by atoms with Crippen LogP contribution in [-0.4, -0.2) is 33.9 Å². The van der Waals surface area contributed by atoms with Crippen LogP contribution in [0.15, 0.2) is 24.3 Å². The molecule has 2 rings (SSSR count). The normalized spacial score (nSPS) is 22.9. The van der Waals surface area contributed by atoms with Crippen molar-refractivity contribution in [3.63, 3.8) is 0 Å². The first kappa shape index (κ1) is 16.2. The van der Waals surface area contributed by atoms with E-state index in [1.54, 1.807) is 0 Å². The summed E-state index contributed by atoms with van der Waals surface area (Å²) in [6.45, 7) is 10.5. The maximum absolute atomic E-state index is 12.1. The van der Waals surface area contributed by atoms with Crippen LogP contribution in [-0.2, 0) is 14.3 Å². The van der Waals surface area contributed by atoms with Crippen molar-refractivity contribution in [2.75, 3.05) is 19.8 Å². The average molecular weight is 306 g/mol. The molecule has 1 aliphatic rings. The Morgan fingerprint density at radius 2 is 1.95 bits per heavy atom. The van der Waals surface area contributed by atoms with Crippen molar-refractivity contribution in [2.45, 2.75) is 38.9 Å². The standard InChI is InChI=1S/C17H26O3Si/c1-5-20-17(18)16-12-19-11-10-15(16)13-6-8-14(9-7-13)21(2,3)4/h6-9,15-16H,5,10-12H2,1-4H3/t15-,16-/m0/s1. The van der Waals surface area contributed by atoms with Gasteiger partial charge in [-0.2, -0.15) is 0 Å². The number of ether oxygens (including phenoxy) is 2. The van der Waals surface area contributed by atoms with Gasteiger partial charge in [0.05, 0.1) is 27.2 Å². The first-order chi connectivity index (χ1) is 9.93. The van der Waals surface area contributed by atoms with E-state index >= 15 is 0 Å². The summed E-state index contributed by atoms with van der Waals surface area (Å²) in [7, 11) is -1.27. The number of hydrogen-bond donors (Lipinski definition) is 0. The number of esters is 1. The fourth-order valence-corrected chi connectivity index (χ4v) is 4.02. The third-order valence-corrected chi connectivity index (χ3v) is 6.22. The van der Waals surface area contributed by atoms with Crippen molar-refractivity contribution in [3.05, 3.63) is 29.8 Å². The van der Waals surface area contributed by atoms with Crippen molar-refractivity contribution < 1.29 is 14.3 Å². The lowest BCUT2D eigenvalue weighted by molar-refractivity contribution is -0.153. The molecular formula is C17H26O3Si. The molecule has 1 saturated heterocycles. The molecule has 0 aromatic heterocycles. The molecule has 4 heteroatoms. The number of carbonyl (C=O) groups is 1. The smallest absolute Gasteiger partial charge is 0.311 e. The van der Waals surface area contributed by atoms with Gasteiger partial charge >= 0.3 is 5.97 Å². The zero-order chi connectivity index (χ0) is 15.5. The Hall–Kier alpha value is -1.13. The molecule has 0 radical (unpaired) electrons. The number of rotatable bonds is 4. The molecule has 1 heterocycles. The van der Waals surface area contributed by atoms with E-state index in [1.807, 2.05) is 6.92 Å². The summed E-state index contributed by atoms with van der Waals surface area (Å²) >= 11 is 0. The summed E-state index contributed by atoms with van der Waals surface area (Å²) in [5.41, 5.74) is 1.23. The largest absolute Gasteiger partial charge is 0.466 e. The lowest BCUT2D eigenvalue weighted by Gasteiger charge is -2.30. The Bertz CT molecular complexity index is 476. The van der Waals surface area contributed by atoms with Gasteiger partial charge in [-0.15, -0.1) is 0 Å². The van der Waals surface area contributed by atoms with Crippen molar-refractivity contribution in [1.82, 2.24) is 0 Å². The minimum Gasteiger partial charge on any atom is -0.466 e. The molecule has 0 aliphatic carbocycles. The minimum absolute atomic E-state index is 0.128. The fraction of sp³-hybridized carbons (Fsp3) is 0.588. The number of hydrogen-bond acceptors (Lipinski definition) is 3. The van der Waals surface area contributed by atoms with Gasteiger partial charge in [-0.25, -0.2) is 0 Å². The zero-order valence-corrected chi connectivity index (χ0v) is 14.5. The van der Waals surface area contributed by atoms with Crippen LogP contribution in [0.4, 0.5) is 0 Å². The van der Waals surface area contributed by atoms with Gasteiger partial charge in [0.25, 0.3) is 0 Å². The second-order valence-corrected chi connectivity index (χ2v) is 11.8. The predicted molar refractivity (Wildman–Crippen MR) is 87.7 cm³/mol. The van der Waals surface area contributed by atoms with Crippen molar-refractivity contribution >= 4 is 19.2 Å². The average Bonchev–Trinajstić information content (AvgIpc) is 2.47. The summed E-state index contributed by atoms with van der Waals surface area (Å²) in [6, 6.07) is 8.85. The van der Waals surface area contributed by atoms with Gasteiger partial charge in [0.15, 0.2) is 0 Å². The quantitative estimate of drug-likeness (QED) is 0.634. The molecule has 3 nitrogen and oxygen atoms in total. The summed E-state index contributed by atoms with van der Waals surface area (Å²) in [6.07, 6.45) is 0.885. The van der Waals surface area contributed by atoms with Crippen LogP contribution in [0.25, 0.3) is 0 Å². The van der Waals surface area contributed by atoms with Crippen LogP contribution in [0, 0.1) is 5.92 Å². The van der Waals surface area contributed by atoms with Crippen molar-refractivity contribution in [3.8, 4) is 0 Å². The molecule has 1 aromatic carbocycles. The van der Waals surface area contributed by atoms with Gasteiger partial charge in [-0.1, -0.05) is 49.1 Å². The van der Waals surface area contributed by atoms with Crippen LogP contribution in [0.1, 0.15) is 24.8 Å². The fourth-order valence-electron chi connectivity index (χ4n) is 2.85. The molecule has 1 aromatic rings. The highest BCUT2D eigenvalue weighted by atomic mass is 28.3. The highest BCUT2D eigenvalue weighted by Crippen LogP contribution is 2.32. The van der Waals surface area contributed by atoms with Gasteiger partial charge in [0, 0.05) is 12.5 Å². The Kier molecular flexibility index (Phi) is 5.22. The zero-order valence-electron chi connectivity index (χ0n) is 13.5. The van der Waals surface area contributed by atoms with Crippen LogP contribution in [0.2, 0.25) is 19.6 Å². The van der Waals surface area contributed by atoms with E-state index in [9.17, 15) is 4.79 Å². The predicted octanol–water partition coefficient (Wildman–Crippen LogP) is 2.92. The second-order valence-electron chi connectivity index (χ2n) is 6.70. The molecular weight excluding hydrogens is 280 g/mol. The van der Waals surface area contributed by atoms with Gasteiger partial charge in [0.2, 0.25) is 0 Å². The lowest BCUT2D eigenvalue weighted by atomic mass is 9.83. The van der Waals surface area contributed by atoms with Crippen molar-refractivity contribution in [1.29, 1.82) is 0 Å². The number of benzene rings is 1. The van der Waals surface area contributed by atoms with E-state index in [1.165, 1.54) is 10.8 Å². The highest BCUT2D eigenvalue weighted by Gasteiger charge is 2.34. The number of carbonyl (C=O) groups excluding carboxylic acids is 1. The van der Waals surface area contributed by atoms with Crippen LogP contribution in [0.3, 0.4) is 0 Å². The van der Waals surface area contributed by atoms with Gasteiger partial charge in [0.1, 0.15) is 0 Å². The molecule has 0 spiro atoms. The third kappa shape index (κ3) is 3.95. The van der Waals surface area contributed by atoms with E-state index < -0.39 is 8.07 Å². The molecule has 0 bridgehead atoms. The van der Waals surface area contributed by atoms with Crippen LogP contribution in [0.5, 0.6) is 0 Å². The third-order valence-electron chi connectivity index (χ3n) is 4.15. The Labute approximate surface area is 128 Å². The van der Waals surface area contributed by atoms with E-state index in [0.29, 0.717) is 13.2 Å². The van der Waals surface area contributed by atoms with E-state index in [-0.39, 0.29) is 17.8 Å². The van der Waals surface area contributed by atoms with Crippen LogP contribution < -0.4 is 5.19 Å². The highest BCUT2D eigenvalue weighted by molar-refractivity contribution is 6.88. The molecule has 0 amide bonds. The van der Waals surface area contributed by atoms with E-state index in [4.69, 9.17) is 9.47 Å². The Balaban J connectivity index is 2.19. The summed E-state index contributed by atoms with van der Waals surface area (Å²) in [4.78, 5) is 12.1. The molecule has 116 valence electrons. The molecule has 0 saturated carbocycles. The molecule has 2 atom stereocenters. The van der Waals surface area contributed by atoms with Gasteiger partial charge in [-0.3, -0.25) is 4.79 Å². The van der Waals surface area contributed by atoms with Crippen LogP contribution >= 0.6 is 0 Å². The Morgan fingerprint density at radius 1 is 1.29 bits per heavy atom. The van der Waals surface area contributed by atoms with Gasteiger partial charge in [-0.05, 0) is 18.9 Å². The summed E-state index contributed by atoms with van der Waals surface area (Å²) < 4.78 is 10.7. The monoisotopic (exact) mass is 306 g/mol. The second kappa shape index (κ2) is 6.75. The Morgan fingerprint density at radius 3 is 2.52 bits per heavy atom. The van der Waals surface area contributed by atoms with E-state index in [0.717, 1.165) is 13.0 Å². The first-order valence-corrected chi connectivity index (χ1v) is 11.3. The van der Waals surface area contributed by atoms with Gasteiger partial charge < -0.3 is 9.47 Å². The minimum atomic E-state index is -1.27. The first-order valence-electron chi connectivity index (χ1n) is 7.78. The summed E-state index contributed by atoms with van der Waals surface area (Å²) in [5.74, 6) is -0.0820. The lowest BCUT2D eigenvalue weighted by Crippen LogP contribution is -2.38.